The van der Waals surface area contributed by atoms with Crippen molar-refractivity contribution < 1.29 is 33.0 Å². The minimum Gasteiger partial charge on any atom is -0.454 e. The number of benzene rings is 3. The van der Waals surface area contributed by atoms with E-state index in [0.29, 0.717) is 17.5 Å². The van der Waals surface area contributed by atoms with Crippen molar-refractivity contribution in [1.29, 1.82) is 0 Å². The molecule has 0 aromatic heterocycles. The number of esters is 2. The number of fused-ring (bicyclic) bond motifs is 1. The lowest BCUT2D eigenvalue weighted by Gasteiger charge is -2.25. The molecule has 0 saturated carbocycles. The molecule has 1 N–H and O–H groups in total. The van der Waals surface area contributed by atoms with E-state index >= 15 is 0 Å². The molecule has 1 unspecified atom stereocenters. The van der Waals surface area contributed by atoms with Crippen LogP contribution in [-0.4, -0.2) is 30.2 Å². The van der Waals surface area contributed by atoms with Gasteiger partial charge in [0.1, 0.15) is 11.9 Å². The Morgan fingerprint density at radius 1 is 1.06 bits per heavy atom. The molecule has 34 heavy (non-hydrogen) atoms. The fraction of sp³-hybridized carbons (Fsp3) is 0.154. The molecule has 1 aliphatic rings. The first kappa shape index (κ1) is 22.8. The Kier molecular flexibility index (Phi) is 6.49. The number of hydrogen-bond donors (Lipinski definition) is 1. The van der Waals surface area contributed by atoms with Gasteiger partial charge < -0.3 is 14.8 Å². The quantitative estimate of drug-likeness (QED) is 0.435. The van der Waals surface area contributed by atoms with Gasteiger partial charge in [0.15, 0.2) is 6.61 Å². The van der Waals surface area contributed by atoms with Gasteiger partial charge in [-0.1, -0.05) is 30.3 Å². The number of rotatable bonds is 6. The Bertz CT molecular complexity index is 1290. The fourth-order valence-corrected chi connectivity index (χ4v) is 3.69. The average Bonchev–Trinajstić information content (AvgIpc) is 2.82. The minimum atomic E-state index is -0.841. The molecule has 3 aromatic carbocycles. The number of anilines is 1. The maximum Gasteiger partial charge on any atom is 0.339 e. The van der Waals surface area contributed by atoms with Crippen LogP contribution in [0.2, 0.25) is 0 Å². The third kappa shape index (κ3) is 5.01. The van der Waals surface area contributed by atoms with Gasteiger partial charge in [-0.2, -0.15) is 0 Å². The van der Waals surface area contributed by atoms with Gasteiger partial charge in [-0.3, -0.25) is 9.59 Å². The molecular formula is C26H20FNO6. The normalized spacial score (nSPS) is 14.5. The minimum absolute atomic E-state index is 0.162. The first-order chi connectivity index (χ1) is 16.3. The zero-order chi connectivity index (χ0) is 24.2. The molecule has 1 amide bonds. The molecule has 172 valence electrons. The van der Waals surface area contributed by atoms with Crippen molar-refractivity contribution in [1.82, 2.24) is 0 Å². The van der Waals surface area contributed by atoms with Crippen molar-refractivity contribution in [3.63, 3.8) is 0 Å². The van der Waals surface area contributed by atoms with Crippen molar-refractivity contribution in [2.75, 3.05) is 11.9 Å². The zero-order valence-electron chi connectivity index (χ0n) is 18.2. The number of nitrogens with one attached hydrogen (secondary N) is 1. The number of carbonyl (C=O) groups excluding carboxylic acids is 4. The first-order valence-electron chi connectivity index (χ1n) is 10.5. The number of ether oxygens (including phenoxy) is 2. The lowest BCUT2D eigenvalue weighted by atomic mass is 9.93. The van der Waals surface area contributed by atoms with Crippen LogP contribution >= 0.6 is 0 Å². The van der Waals surface area contributed by atoms with E-state index in [9.17, 15) is 23.6 Å². The van der Waals surface area contributed by atoms with Crippen LogP contribution in [0.1, 0.15) is 55.2 Å². The van der Waals surface area contributed by atoms with Crippen LogP contribution in [-0.2, 0) is 20.7 Å². The summed E-state index contributed by atoms with van der Waals surface area (Å²) >= 11 is 0. The Morgan fingerprint density at radius 3 is 2.53 bits per heavy atom. The van der Waals surface area contributed by atoms with Crippen molar-refractivity contribution in [3.05, 3.63) is 100 Å². The summed E-state index contributed by atoms with van der Waals surface area (Å²) in [5, 5.41) is 2.42. The summed E-state index contributed by atoms with van der Waals surface area (Å²) in [6, 6.07) is 17.3. The highest BCUT2D eigenvalue weighted by Crippen LogP contribution is 2.31. The van der Waals surface area contributed by atoms with Crippen molar-refractivity contribution in [2.45, 2.75) is 19.4 Å². The molecule has 4 rings (SSSR count). The maximum atomic E-state index is 14.2. The van der Waals surface area contributed by atoms with Crippen molar-refractivity contribution in [2.24, 2.45) is 0 Å². The van der Waals surface area contributed by atoms with Gasteiger partial charge in [-0.05, 0) is 47.5 Å². The molecule has 0 radical (unpaired) electrons. The summed E-state index contributed by atoms with van der Waals surface area (Å²) in [5.41, 5.74) is 1.94. The number of halogens is 1. The zero-order valence-corrected chi connectivity index (χ0v) is 18.2. The number of hydrogen-bond acceptors (Lipinski definition) is 6. The lowest BCUT2D eigenvalue weighted by Crippen LogP contribution is -2.22. The SMILES string of the molecule is CC(=O)Nc1ccc(C(=O)COC(=O)c2ccc3c(c2)CC(c2ccccc2)OC3=O)c(F)c1. The number of cyclic esters (lactones) is 1. The van der Waals surface area contributed by atoms with Gasteiger partial charge in [0.05, 0.1) is 16.7 Å². The molecule has 8 heteroatoms. The predicted octanol–water partition coefficient (Wildman–Crippen LogP) is 4.28. The molecule has 1 atom stereocenters. The van der Waals surface area contributed by atoms with Gasteiger partial charge in [-0.15, -0.1) is 0 Å². The van der Waals surface area contributed by atoms with E-state index in [1.54, 1.807) is 6.07 Å². The summed E-state index contributed by atoms with van der Waals surface area (Å²) in [6.45, 7) is 0.614. The number of ketones is 1. The number of amides is 1. The maximum absolute atomic E-state index is 14.2. The monoisotopic (exact) mass is 461 g/mol. The second kappa shape index (κ2) is 9.66. The summed E-state index contributed by atoms with van der Waals surface area (Å²) in [7, 11) is 0. The van der Waals surface area contributed by atoms with E-state index in [1.165, 1.54) is 31.2 Å². The second-order valence-corrected chi connectivity index (χ2v) is 7.76. The Morgan fingerprint density at radius 2 is 1.82 bits per heavy atom. The van der Waals surface area contributed by atoms with Crippen LogP contribution in [0.5, 0.6) is 0 Å². The Labute approximate surface area is 194 Å². The van der Waals surface area contributed by atoms with Crippen molar-refractivity contribution >= 4 is 29.3 Å². The number of Topliss-reactive ketones (excluding diaryl/α,β-unsaturated/α-hetero) is 1. The summed E-state index contributed by atoms with van der Waals surface area (Å²) in [4.78, 5) is 48.3. The van der Waals surface area contributed by atoms with Gasteiger partial charge in [0.25, 0.3) is 0 Å². The van der Waals surface area contributed by atoms with Gasteiger partial charge >= 0.3 is 11.9 Å². The standard InChI is InChI=1S/C26H20FNO6/c1-15(29)28-19-8-10-21(22(27)13-19)23(30)14-33-25(31)17-7-9-20-18(11-17)12-24(34-26(20)32)16-5-3-2-4-6-16/h2-11,13,24H,12,14H2,1H3,(H,28,29). The van der Waals surface area contributed by atoms with Gasteiger partial charge in [0.2, 0.25) is 11.7 Å². The molecule has 0 aliphatic carbocycles. The van der Waals surface area contributed by atoms with E-state index in [0.717, 1.165) is 11.6 Å². The summed E-state index contributed by atoms with van der Waals surface area (Å²) in [6.07, 6.45) is -0.0886. The molecule has 1 heterocycles. The second-order valence-electron chi connectivity index (χ2n) is 7.76. The molecular weight excluding hydrogens is 441 g/mol. The van der Waals surface area contributed by atoms with Crippen LogP contribution in [0.3, 0.4) is 0 Å². The smallest absolute Gasteiger partial charge is 0.339 e. The van der Waals surface area contributed by atoms with Crippen LogP contribution in [0, 0.1) is 5.82 Å². The fourth-order valence-electron chi connectivity index (χ4n) is 3.69. The van der Waals surface area contributed by atoms with Gasteiger partial charge in [-0.25, -0.2) is 14.0 Å². The first-order valence-corrected chi connectivity index (χ1v) is 10.5. The molecule has 3 aromatic rings. The largest absolute Gasteiger partial charge is 0.454 e. The Balaban J connectivity index is 1.44. The molecule has 0 spiro atoms. The highest BCUT2D eigenvalue weighted by atomic mass is 19.1. The highest BCUT2D eigenvalue weighted by Gasteiger charge is 2.28. The average molecular weight is 461 g/mol. The molecule has 1 aliphatic heterocycles. The molecule has 0 fully saturated rings. The molecule has 7 nitrogen and oxygen atoms in total. The third-order valence-electron chi connectivity index (χ3n) is 5.31. The van der Waals surface area contributed by atoms with E-state index in [2.05, 4.69) is 5.32 Å². The van der Waals surface area contributed by atoms with E-state index in [4.69, 9.17) is 9.47 Å². The Hall–Kier alpha value is -4.33. The van der Waals surface area contributed by atoms with Crippen LogP contribution < -0.4 is 5.32 Å². The van der Waals surface area contributed by atoms with Crippen LogP contribution in [0.15, 0.2) is 66.7 Å². The third-order valence-corrected chi connectivity index (χ3v) is 5.31. The molecule has 0 saturated heterocycles. The highest BCUT2D eigenvalue weighted by molar-refractivity contribution is 6.00. The predicted molar refractivity (Wildman–Crippen MR) is 120 cm³/mol. The number of carbonyl (C=O) groups is 4. The molecule has 0 bridgehead atoms. The van der Waals surface area contributed by atoms with Crippen LogP contribution in [0.4, 0.5) is 10.1 Å². The van der Waals surface area contributed by atoms with E-state index in [1.807, 2.05) is 30.3 Å². The lowest BCUT2D eigenvalue weighted by molar-refractivity contribution is -0.114. The summed E-state index contributed by atoms with van der Waals surface area (Å²) < 4.78 is 24.8. The van der Waals surface area contributed by atoms with Crippen LogP contribution in [0.25, 0.3) is 0 Å². The van der Waals surface area contributed by atoms with Gasteiger partial charge in [0, 0.05) is 19.0 Å². The van der Waals surface area contributed by atoms with E-state index in [-0.39, 0.29) is 22.7 Å². The topological polar surface area (TPSA) is 98.8 Å². The van der Waals surface area contributed by atoms with Crippen molar-refractivity contribution in [3.8, 4) is 0 Å². The van der Waals surface area contributed by atoms with E-state index < -0.39 is 36.2 Å². The summed E-state index contributed by atoms with van der Waals surface area (Å²) in [5.74, 6) is -3.21.